The van der Waals surface area contributed by atoms with E-state index < -0.39 is 5.97 Å². The molecule has 0 fully saturated rings. The van der Waals surface area contributed by atoms with Crippen LogP contribution in [0.15, 0.2) is 24.3 Å². The van der Waals surface area contributed by atoms with Crippen LogP contribution in [0.3, 0.4) is 0 Å². The van der Waals surface area contributed by atoms with Gasteiger partial charge in [0.25, 0.3) is 0 Å². The first kappa shape index (κ1) is 113. The summed E-state index contributed by atoms with van der Waals surface area (Å²) in [7, 11) is 14.5. The zero-order valence-electron chi connectivity index (χ0n) is 50.6. The fourth-order valence-corrected chi connectivity index (χ4v) is 1.30. The van der Waals surface area contributed by atoms with Crippen molar-refractivity contribution in [2.75, 3.05) is 56.5 Å². The maximum absolute atomic E-state index is 10.6. The van der Waals surface area contributed by atoms with Crippen LogP contribution in [-0.2, 0) is 20.7 Å². The van der Waals surface area contributed by atoms with Gasteiger partial charge in [-0.25, -0.2) is 4.79 Å². The van der Waals surface area contributed by atoms with Crippen molar-refractivity contribution >= 4 is 17.5 Å². The molecular formula is C54H133N3O5. The van der Waals surface area contributed by atoms with Crippen LogP contribution in [-0.4, -0.2) is 79.1 Å². The van der Waals surface area contributed by atoms with Crippen molar-refractivity contribution in [3.8, 4) is 0 Å². The van der Waals surface area contributed by atoms with E-state index in [1.807, 2.05) is 104 Å². The number of carboxylic acids is 1. The lowest BCUT2D eigenvalue weighted by Gasteiger charge is -2.04. The zero-order chi connectivity index (χ0) is 54.8. The molecule has 0 saturated carbocycles. The van der Waals surface area contributed by atoms with E-state index in [2.05, 4.69) is 131 Å². The average molecular weight is 905 g/mol. The van der Waals surface area contributed by atoms with E-state index in [0.29, 0.717) is 11.5 Å². The number of ketones is 2. The minimum atomic E-state index is -0.856. The highest BCUT2D eigenvalue weighted by Crippen LogP contribution is 2.10. The van der Waals surface area contributed by atoms with Crippen LogP contribution in [0.25, 0.3) is 0 Å². The van der Waals surface area contributed by atoms with Gasteiger partial charge in [-0.3, -0.25) is 0 Å². The summed E-state index contributed by atoms with van der Waals surface area (Å²) in [4.78, 5) is 29.5. The Morgan fingerprint density at radius 3 is 0.742 bits per heavy atom. The normalized spacial score (nSPS) is 6.60. The highest BCUT2D eigenvalue weighted by Gasteiger charge is 2.03. The Kier molecular flexibility index (Phi) is 353. The number of ether oxygens (including phenoxy) is 1. The molecule has 0 radical (unpaired) electrons. The molecule has 0 aliphatic heterocycles. The molecule has 0 bridgehead atoms. The summed E-state index contributed by atoms with van der Waals surface area (Å²) < 4.78 is 4.25. The van der Waals surface area contributed by atoms with Crippen molar-refractivity contribution in [3.63, 3.8) is 0 Å². The predicted octanol–water partition coefficient (Wildman–Crippen LogP) is 17.6. The average Bonchev–Trinajstić information content (AvgIpc) is 3.18. The fraction of sp³-hybridized carbons (Fsp3) is 0.833. The minimum absolute atomic E-state index is 0.167. The maximum Gasteiger partial charge on any atom is 0.335 e. The minimum Gasteiger partial charge on any atom is -0.478 e. The van der Waals surface area contributed by atoms with E-state index in [1.165, 1.54) is 72.6 Å². The van der Waals surface area contributed by atoms with E-state index in [1.54, 1.807) is 32.4 Å². The van der Waals surface area contributed by atoms with Gasteiger partial charge in [-0.1, -0.05) is 223 Å². The van der Waals surface area contributed by atoms with Crippen molar-refractivity contribution in [1.29, 1.82) is 0 Å². The molecule has 0 aliphatic carbocycles. The molecule has 0 atom stereocenters. The first-order chi connectivity index (χ1) is 29.1. The van der Waals surface area contributed by atoms with E-state index >= 15 is 0 Å². The Balaban J connectivity index is -0.0000000242. The van der Waals surface area contributed by atoms with Crippen LogP contribution in [0.4, 0.5) is 0 Å². The number of hydrogen-bond acceptors (Lipinski definition) is 7. The molecule has 0 amide bonds. The first-order valence-corrected chi connectivity index (χ1v) is 24.5. The van der Waals surface area contributed by atoms with Crippen molar-refractivity contribution in [1.82, 2.24) is 16.0 Å². The molecule has 394 valence electrons. The largest absolute Gasteiger partial charge is 0.478 e. The van der Waals surface area contributed by atoms with Gasteiger partial charge in [-0.15, -0.1) is 0 Å². The van der Waals surface area contributed by atoms with Crippen LogP contribution in [0.1, 0.15) is 255 Å². The van der Waals surface area contributed by atoms with Gasteiger partial charge in [0.15, 0.2) is 0 Å². The zero-order valence-corrected chi connectivity index (χ0v) is 50.6. The summed E-state index contributed by atoms with van der Waals surface area (Å²) in [6.07, 6.45) is 9.68. The van der Waals surface area contributed by atoms with Crippen LogP contribution < -0.4 is 16.0 Å². The van der Waals surface area contributed by atoms with Gasteiger partial charge in [-0.2, -0.15) is 0 Å². The smallest absolute Gasteiger partial charge is 0.335 e. The number of carbonyl (C=O) groups is 3. The monoisotopic (exact) mass is 904 g/mol. The van der Waals surface area contributed by atoms with Gasteiger partial charge in [0.1, 0.15) is 11.6 Å². The number of benzene rings is 1. The lowest BCUT2D eigenvalue weighted by atomic mass is 10.0. The third kappa shape index (κ3) is 743. The second kappa shape index (κ2) is 194. The van der Waals surface area contributed by atoms with Crippen molar-refractivity contribution in [2.45, 2.75) is 245 Å². The third-order valence-electron chi connectivity index (χ3n) is 1.82. The van der Waals surface area contributed by atoms with Crippen molar-refractivity contribution in [3.05, 3.63) is 35.4 Å². The van der Waals surface area contributed by atoms with E-state index in [9.17, 15) is 14.4 Å². The lowest BCUT2D eigenvalue weighted by molar-refractivity contribution is -0.115. The Labute approximate surface area is 399 Å². The number of nitrogens with one attached hydrogen (secondary N) is 3. The summed E-state index contributed by atoms with van der Waals surface area (Å²) in [6, 6.07) is 7.11. The van der Waals surface area contributed by atoms with E-state index in [4.69, 9.17) is 5.11 Å². The Hall–Kier alpha value is -2.13. The van der Waals surface area contributed by atoms with Gasteiger partial charge in [-0.05, 0) is 100 Å². The topological polar surface area (TPSA) is 117 Å². The molecule has 4 N–H and O–H groups in total. The van der Waals surface area contributed by atoms with E-state index in [-0.39, 0.29) is 11.6 Å². The van der Waals surface area contributed by atoms with Crippen molar-refractivity contribution < 1.29 is 24.2 Å². The summed E-state index contributed by atoms with van der Waals surface area (Å²) in [5, 5.41) is 17.0. The second-order valence-corrected chi connectivity index (χ2v) is 12.3. The summed E-state index contributed by atoms with van der Waals surface area (Å²) >= 11 is 0. The number of aromatic carboxylic acids is 1. The number of hydrogen-bond donors (Lipinski definition) is 4. The summed E-state index contributed by atoms with van der Waals surface area (Å²) in [6.45, 7) is 56.1. The lowest BCUT2D eigenvalue weighted by Crippen LogP contribution is -1.99. The van der Waals surface area contributed by atoms with Crippen LogP contribution >= 0.6 is 0 Å². The summed E-state index contributed by atoms with van der Waals surface area (Å²) in [5.74, 6) is 0.0367. The molecule has 0 heterocycles. The number of carboxylic acid groups (broad SMARTS) is 1. The maximum atomic E-state index is 10.6. The molecule has 0 spiro atoms. The Morgan fingerprint density at radius 2 is 0.629 bits per heavy atom. The Morgan fingerprint density at radius 1 is 0.484 bits per heavy atom. The molecule has 62 heavy (non-hydrogen) atoms. The van der Waals surface area contributed by atoms with Crippen LogP contribution in [0.5, 0.6) is 0 Å². The molecule has 0 saturated heterocycles. The van der Waals surface area contributed by atoms with Gasteiger partial charge in [0.2, 0.25) is 0 Å². The molecule has 1 aromatic rings. The third-order valence-corrected chi connectivity index (χ3v) is 1.82. The molecule has 0 unspecified atom stereocenters. The highest BCUT2D eigenvalue weighted by molar-refractivity contribution is 5.87. The van der Waals surface area contributed by atoms with Crippen LogP contribution in [0, 0.1) is 5.92 Å². The number of methoxy groups -OCH3 is 1. The first-order valence-electron chi connectivity index (χ1n) is 24.5. The molecule has 1 aromatic carbocycles. The summed E-state index contributed by atoms with van der Waals surface area (Å²) in [5.41, 5.74) is 1.47. The quantitative estimate of drug-likeness (QED) is 0.237. The van der Waals surface area contributed by atoms with Crippen molar-refractivity contribution in [2.24, 2.45) is 5.92 Å². The molecular weight excluding hydrogens is 771 g/mol. The standard InChI is InChI=1S/C11H14O2.2C3H6O.7C3H8.3C2H7N.C2H6O.4C2H6/c1-8(2)6-9-4-3-5-10(7-9)11(12)13;2*1-3(2)4;11*1-3-2;4*1-2/h3-5,7-8H,6H2,1-2H3,(H,12,13);2*1-2H3;7*3H2,1-2H3;3*3H,1-2H3;1-2H3;4*1-2H3. The molecule has 1 rings (SSSR count). The van der Waals surface area contributed by atoms with Gasteiger partial charge < -0.3 is 35.4 Å². The molecule has 0 aromatic heterocycles. The van der Waals surface area contributed by atoms with Gasteiger partial charge in [0, 0.05) is 14.2 Å². The molecule has 8 heteroatoms. The van der Waals surface area contributed by atoms with Gasteiger partial charge >= 0.3 is 5.97 Å². The fourth-order valence-electron chi connectivity index (χ4n) is 1.30. The highest BCUT2D eigenvalue weighted by atomic mass is 16.4. The SMILES string of the molecule is CC.CC.CC.CC.CC(C)=O.CC(C)=O.CC(C)Cc1cccc(C(=O)O)c1.CCC.CCC.CCC.CCC.CCC.CCC.CCC.CNC.CNC.CNC.COC. The van der Waals surface area contributed by atoms with E-state index in [0.717, 1.165) is 12.0 Å². The van der Waals surface area contributed by atoms with Crippen LogP contribution in [0.2, 0.25) is 0 Å². The Bertz CT molecular complexity index is 586. The second-order valence-electron chi connectivity index (χ2n) is 12.3. The number of rotatable bonds is 3. The predicted molar refractivity (Wildman–Crippen MR) is 300 cm³/mol. The number of carbonyl (C=O) groups excluding carboxylic acids is 2. The van der Waals surface area contributed by atoms with Gasteiger partial charge in [0.05, 0.1) is 5.56 Å². The number of Topliss-reactive ketones (excluding diaryl/α,β-unsaturated/α-hetero) is 2. The molecule has 8 nitrogen and oxygen atoms in total. The molecule has 0 aliphatic rings.